The minimum atomic E-state index is -0.525. The molecule has 0 radical (unpaired) electrons. The van der Waals surface area contributed by atoms with Crippen LogP contribution in [-0.4, -0.2) is 40.6 Å². The highest BCUT2D eigenvalue weighted by Crippen LogP contribution is 2.66. The molecule has 2 aliphatic carbocycles. The number of allylic oxidation sites excluding steroid dienone is 1. The lowest BCUT2D eigenvalue weighted by molar-refractivity contribution is -0.139. The highest BCUT2D eigenvalue weighted by molar-refractivity contribution is 6.37. The van der Waals surface area contributed by atoms with Crippen molar-refractivity contribution in [2.24, 2.45) is 45.8 Å². The Bertz CT molecular complexity index is 958. The molecule has 0 N–H and O–H groups in total. The van der Waals surface area contributed by atoms with Gasteiger partial charge in [0.05, 0.1) is 6.04 Å². The molecule has 0 aromatic heterocycles. The Balaban J connectivity index is 1.81. The van der Waals surface area contributed by atoms with Crippen LogP contribution in [0.15, 0.2) is 12.3 Å². The molecule has 1 heterocycles. The summed E-state index contributed by atoms with van der Waals surface area (Å²) in [5, 5.41) is 0. The molecule has 1 aliphatic heterocycles. The molecule has 1 saturated heterocycles. The summed E-state index contributed by atoms with van der Waals surface area (Å²) in [6.45, 7) is 23.7. The lowest BCUT2D eigenvalue weighted by atomic mass is 9.73. The Morgan fingerprint density at radius 1 is 1.00 bits per heavy atom. The van der Waals surface area contributed by atoms with Gasteiger partial charge in [0, 0.05) is 50.3 Å². The molecule has 5 nitrogen and oxygen atoms in total. The third-order valence-corrected chi connectivity index (χ3v) is 9.83. The van der Waals surface area contributed by atoms with E-state index in [4.69, 9.17) is 0 Å². The summed E-state index contributed by atoms with van der Waals surface area (Å²) in [5.74, 6) is 0.102. The topological polar surface area (TPSA) is 71.5 Å². The second kappa shape index (κ2) is 11.0. The zero-order valence-electron chi connectivity index (χ0n) is 25.6. The van der Waals surface area contributed by atoms with E-state index >= 15 is 0 Å². The Labute approximate surface area is 231 Å². The smallest absolute Gasteiger partial charge is 0.201 e. The van der Waals surface area contributed by atoms with Gasteiger partial charge in [0.25, 0.3) is 0 Å². The van der Waals surface area contributed by atoms with E-state index in [1.54, 1.807) is 0 Å². The number of carbonyl (C=O) groups is 4. The van der Waals surface area contributed by atoms with Crippen LogP contribution in [0, 0.1) is 45.8 Å². The highest BCUT2D eigenvalue weighted by Gasteiger charge is 2.68. The molecular formula is C33H53NO4. The monoisotopic (exact) mass is 527 g/mol. The summed E-state index contributed by atoms with van der Waals surface area (Å²) in [6.07, 6.45) is 6.20. The fourth-order valence-corrected chi connectivity index (χ4v) is 7.16. The SMILES string of the molecule is C=C(C(CC(=O)CC(C)(C)C)C(C)(C)C)N1CC2C(C1C(=O)CC(CCC1CCC1)C(=O)C(C)=O)C2(C)C. The number of rotatable bonds is 13. The number of fused-ring (bicyclic) bond motifs is 1. The van der Waals surface area contributed by atoms with Gasteiger partial charge in [-0.2, -0.15) is 0 Å². The van der Waals surface area contributed by atoms with Crippen molar-refractivity contribution in [3.8, 4) is 0 Å². The standard InChI is InChI=1S/C33H53NO4/c1-20(25(32(6,7)8)17-24(36)18-31(3,4)5)34-19-26-28(33(26,9)10)29(34)27(37)16-23(30(38)21(2)35)15-14-22-12-11-13-22/h22-23,25-26,28-29H,1,11-19H2,2-10H3. The van der Waals surface area contributed by atoms with E-state index in [9.17, 15) is 19.2 Å². The number of ketones is 4. The molecule has 3 aliphatic rings. The van der Waals surface area contributed by atoms with Crippen LogP contribution in [0.3, 0.4) is 0 Å². The largest absolute Gasteiger partial charge is 0.364 e. The first-order valence-electron chi connectivity index (χ1n) is 14.9. The van der Waals surface area contributed by atoms with Crippen molar-refractivity contribution in [3.63, 3.8) is 0 Å². The summed E-state index contributed by atoms with van der Waals surface area (Å²) in [7, 11) is 0. The Kier molecular flexibility index (Phi) is 8.91. The molecule has 5 atom stereocenters. The van der Waals surface area contributed by atoms with Crippen LogP contribution in [-0.2, 0) is 19.2 Å². The normalized spacial score (nSPS) is 26.2. The number of piperidine rings is 1. The van der Waals surface area contributed by atoms with Gasteiger partial charge in [-0.3, -0.25) is 19.2 Å². The first-order chi connectivity index (χ1) is 17.3. The van der Waals surface area contributed by atoms with Crippen LogP contribution < -0.4 is 0 Å². The maximum Gasteiger partial charge on any atom is 0.201 e. The first kappa shape index (κ1) is 30.8. The van der Waals surface area contributed by atoms with E-state index in [2.05, 4.69) is 66.9 Å². The summed E-state index contributed by atoms with van der Waals surface area (Å²) in [5.41, 5.74) is 0.694. The van der Waals surface area contributed by atoms with Gasteiger partial charge in [0.1, 0.15) is 5.78 Å². The van der Waals surface area contributed by atoms with Gasteiger partial charge in [0.15, 0.2) is 11.6 Å². The Morgan fingerprint density at radius 2 is 1.61 bits per heavy atom. The Morgan fingerprint density at radius 3 is 2.08 bits per heavy atom. The van der Waals surface area contributed by atoms with Gasteiger partial charge < -0.3 is 4.90 Å². The molecule has 5 unspecified atom stereocenters. The number of nitrogens with zero attached hydrogens (tertiary/aromatic N) is 1. The zero-order chi connectivity index (χ0) is 28.8. The van der Waals surface area contributed by atoms with E-state index in [0.29, 0.717) is 31.1 Å². The second-order valence-corrected chi connectivity index (χ2v) is 15.6. The van der Waals surface area contributed by atoms with Gasteiger partial charge in [0.2, 0.25) is 5.78 Å². The molecule has 0 bridgehead atoms. The lowest BCUT2D eigenvalue weighted by Gasteiger charge is -2.41. The van der Waals surface area contributed by atoms with Gasteiger partial charge in [-0.05, 0) is 46.8 Å². The Hall–Kier alpha value is -1.78. The average Bonchev–Trinajstić information content (AvgIpc) is 3.06. The van der Waals surface area contributed by atoms with Crippen molar-refractivity contribution in [1.29, 1.82) is 0 Å². The fourth-order valence-electron chi connectivity index (χ4n) is 7.16. The molecule has 3 fully saturated rings. The molecular weight excluding hydrogens is 474 g/mol. The number of likely N-dealkylation sites (tertiary alicyclic amines) is 1. The minimum Gasteiger partial charge on any atom is -0.364 e. The zero-order valence-corrected chi connectivity index (χ0v) is 25.6. The molecule has 214 valence electrons. The van der Waals surface area contributed by atoms with Crippen molar-refractivity contribution >= 4 is 23.1 Å². The molecule has 2 saturated carbocycles. The highest BCUT2D eigenvalue weighted by atomic mass is 16.2. The molecule has 0 spiro atoms. The molecule has 0 amide bonds. The molecule has 38 heavy (non-hydrogen) atoms. The van der Waals surface area contributed by atoms with Crippen molar-refractivity contribution < 1.29 is 19.2 Å². The van der Waals surface area contributed by atoms with Crippen LogP contribution in [0.2, 0.25) is 0 Å². The summed E-state index contributed by atoms with van der Waals surface area (Å²) in [6, 6.07) is -0.337. The van der Waals surface area contributed by atoms with Crippen LogP contribution in [0.25, 0.3) is 0 Å². The van der Waals surface area contributed by atoms with Crippen LogP contribution in [0.5, 0.6) is 0 Å². The summed E-state index contributed by atoms with van der Waals surface area (Å²) in [4.78, 5) is 54.2. The van der Waals surface area contributed by atoms with Gasteiger partial charge >= 0.3 is 0 Å². The van der Waals surface area contributed by atoms with E-state index in [0.717, 1.165) is 18.7 Å². The number of hydrogen-bond donors (Lipinski definition) is 0. The van der Waals surface area contributed by atoms with E-state index in [1.807, 2.05) is 0 Å². The maximum absolute atomic E-state index is 14.0. The quantitative estimate of drug-likeness (QED) is 0.246. The van der Waals surface area contributed by atoms with Crippen molar-refractivity contribution in [2.75, 3.05) is 6.54 Å². The van der Waals surface area contributed by atoms with E-state index in [1.165, 1.54) is 26.2 Å². The third-order valence-electron chi connectivity index (χ3n) is 9.83. The predicted molar refractivity (Wildman–Crippen MR) is 152 cm³/mol. The van der Waals surface area contributed by atoms with Crippen molar-refractivity contribution in [2.45, 2.75) is 120 Å². The molecule has 5 heteroatoms. The van der Waals surface area contributed by atoms with Gasteiger partial charge in [-0.15, -0.1) is 0 Å². The van der Waals surface area contributed by atoms with Crippen molar-refractivity contribution in [3.05, 3.63) is 12.3 Å². The minimum absolute atomic E-state index is 0.0612. The molecule has 3 rings (SSSR count). The predicted octanol–water partition coefficient (Wildman–Crippen LogP) is 6.83. The first-order valence-corrected chi connectivity index (χ1v) is 14.9. The number of hydrogen-bond acceptors (Lipinski definition) is 5. The van der Waals surface area contributed by atoms with E-state index in [-0.39, 0.29) is 52.1 Å². The number of carbonyl (C=O) groups excluding carboxylic acids is 4. The third kappa shape index (κ3) is 6.86. The van der Waals surface area contributed by atoms with Gasteiger partial charge in [-0.1, -0.05) is 81.2 Å². The van der Waals surface area contributed by atoms with Crippen LogP contribution >= 0.6 is 0 Å². The average molecular weight is 528 g/mol. The van der Waals surface area contributed by atoms with Crippen LogP contribution in [0.1, 0.15) is 114 Å². The lowest BCUT2D eigenvalue weighted by Crippen LogP contribution is -2.45. The number of Topliss-reactive ketones (excluding diaryl/α,β-unsaturated/α-hetero) is 4. The van der Waals surface area contributed by atoms with E-state index < -0.39 is 17.5 Å². The fraction of sp³-hybridized carbons (Fsp3) is 0.818. The summed E-state index contributed by atoms with van der Waals surface area (Å²) >= 11 is 0. The van der Waals surface area contributed by atoms with Crippen LogP contribution in [0.4, 0.5) is 0 Å². The molecule has 0 aromatic rings. The maximum atomic E-state index is 14.0. The van der Waals surface area contributed by atoms with Gasteiger partial charge in [-0.25, -0.2) is 0 Å². The van der Waals surface area contributed by atoms with Crippen molar-refractivity contribution in [1.82, 2.24) is 4.90 Å². The second-order valence-electron chi connectivity index (χ2n) is 15.6. The summed E-state index contributed by atoms with van der Waals surface area (Å²) < 4.78 is 0. The molecule has 0 aromatic carbocycles.